The Morgan fingerprint density at radius 2 is 1.88 bits per heavy atom. The summed E-state index contributed by atoms with van der Waals surface area (Å²) in [5.41, 5.74) is 2.42. The molecule has 2 aromatic carbocycles. The molecule has 1 atom stereocenters. The Morgan fingerprint density at radius 3 is 2.72 bits per heavy atom. The van der Waals surface area contributed by atoms with Gasteiger partial charge in [0.25, 0.3) is 0 Å². The Kier molecular flexibility index (Phi) is 4.61. The number of thioether (sulfide) groups is 1. The number of aromatic nitrogens is 3. The highest BCUT2D eigenvalue weighted by atomic mass is 32.2. The molecule has 0 fully saturated rings. The molecule has 2 heterocycles. The maximum atomic E-state index is 5.65. The van der Waals surface area contributed by atoms with Crippen molar-refractivity contribution in [3.05, 3.63) is 66.0 Å². The van der Waals surface area contributed by atoms with Gasteiger partial charge in [-0.3, -0.25) is 0 Å². The van der Waals surface area contributed by atoms with Gasteiger partial charge in [0.1, 0.15) is 19.5 Å². The number of ether oxygens (including phenoxy) is 2. The van der Waals surface area contributed by atoms with Crippen LogP contribution in [0.15, 0.2) is 60.0 Å². The van der Waals surface area contributed by atoms with Crippen LogP contribution in [0.1, 0.15) is 24.1 Å². The van der Waals surface area contributed by atoms with Gasteiger partial charge in [0.05, 0.1) is 6.04 Å². The minimum atomic E-state index is 0.193. The van der Waals surface area contributed by atoms with Gasteiger partial charge in [0, 0.05) is 5.75 Å². The molecule has 1 aromatic heterocycles. The van der Waals surface area contributed by atoms with Gasteiger partial charge in [-0.2, -0.15) is 0 Å². The van der Waals surface area contributed by atoms with Crippen LogP contribution in [-0.4, -0.2) is 28.0 Å². The predicted molar refractivity (Wildman–Crippen MR) is 97.3 cm³/mol. The van der Waals surface area contributed by atoms with E-state index in [9.17, 15) is 0 Å². The summed E-state index contributed by atoms with van der Waals surface area (Å²) in [5, 5.41) is 9.29. The van der Waals surface area contributed by atoms with Crippen LogP contribution in [-0.2, 0) is 5.75 Å². The van der Waals surface area contributed by atoms with Crippen molar-refractivity contribution >= 4 is 11.8 Å². The van der Waals surface area contributed by atoms with E-state index < -0.39 is 0 Å². The molecule has 128 valence electrons. The van der Waals surface area contributed by atoms with Crippen molar-refractivity contribution in [1.29, 1.82) is 0 Å². The van der Waals surface area contributed by atoms with E-state index in [1.165, 1.54) is 11.1 Å². The number of fused-ring (bicyclic) bond motifs is 1. The predicted octanol–water partition coefficient (Wildman–Crippen LogP) is 3.95. The second-order valence-corrected chi connectivity index (χ2v) is 6.82. The third kappa shape index (κ3) is 3.49. The summed E-state index contributed by atoms with van der Waals surface area (Å²) >= 11 is 1.67. The van der Waals surface area contributed by atoms with Crippen molar-refractivity contribution in [3.63, 3.8) is 0 Å². The van der Waals surface area contributed by atoms with Gasteiger partial charge in [-0.05, 0) is 30.2 Å². The Labute approximate surface area is 151 Å². The molecule has 0 saturated carbocycles. The molecule has 6 heteroatoms. The molecule has 0 saturated heterocycles. The second kappa shape index (κ2) is 7.19. The summed E-state index contributed by atoms with van der Waals surface area (Å²) in [5.74, 6) is 2.45. The van der Waals surface area contributed by atoms with Crippen molar-refractivity contribution in [1.82, 2.24) is 14.8 Å². The number of benzene rings is 2. The molecule has 3 aromatic rings. The summed E-state index contributed by atoms with van der Waals surface area (Å²) in [4.78, 5) is 0. The van der Waals surface area contributed by atoms with Gasteiger partial charge in [-0.15, -0.1) is 10.2 Å². The number of nitrogens with zero attached hydrogens (tertiary/aromatic N) is 3. The van der Waals surface area contributed by atoms with Gasteiger partial charge < -0.3 is 14.0 Å². The molecule has 5 nitrogen and oxygen atoms in total. The first-order chi connectivity index (χ1) is 12.3. The molecule has 0 N–H and O–H groups in total. The summed E-state index contributed by atoms with van der Waals surface area (Å²) in [6.07, 6.45) is 1.80. The molecule has 0 aliphatic carbocycles. The van der Waals surface area contributed by atoms with E-state index in [1.807, 2.05) is 18.2 Å². The van der Waals surface area contributed by atoms with Crippen LogP contribution in [0.3, 0.4) is 0 Å². The number of rotatable bonds is 5. The quantitative estimate of drug-likeness (QED) is 0.650. The molecule has 4 rings (SSSR count). The lowest BCUT2D eigenvalue weighted by Crippen LogP contribution is -2.15. The average Bonchev–Trinajstić information content (AvgIpc) is 3.15. The SMILES string of the molecule is CC(c1ccccc1)n1cnnc1SCc1ccc2c(c1)OCCO2. The first-order valence-corrected chi connectivity index (χ1v) is 9.25. The molecule has 0 spiro atoms. The van der Waals surface area contributed by atoms with Crippen LogP contribution < -0.4 is 9.47 Å². The zero-order valence-electron chi connectivity index (χ0n) is 14.0. The third-order valence-corrected chi connectivity index (χ3v) is 5.24. The van der Waals surface area contributed by atoms with Crippen molar-refractivity contribution in [2.45, 2.75) is 23.9 Å². The molecular formula is C19H19N3O2S. The Bertz CT molecular complexity index is 851. The minimum absolute atomic E-state index is 0.193. The van der Waals surface area contributed by atoms with Gasteiger partial charge in [-0.25, -0.2) is 0 Å². The maximum Gasteiger partial charge on any atom is 0.191 e. The van der Waals surface area contributed by atoms with Crippen LogP contribution in [0.4, 0.5) is 0 Å². The standard InChI is InChI=1S/C19H19N3O2S/c1-14(16-5-3-2-4-6-16)22-13-20-21-19(22)25-12-15-7-8-17-18(11-15)24-10-9-23-17/h2-8,11,13-14H,9-10,12H2,1H3. The first kappa shape index (κ1) is 16.0. The smallest absolute Gasteiger partial charge is 0.191 e. The van der Waals surface area contributed by atoms with Crippen LogP contribution in [0.5, 0.6) is 11.5 Å². The van der Waals surface area contributed by atoms with Crippen LogP contribution in [0.2, 0.25) is 0 Å². The fraction of sp³-hybridized carbons (Fsp3) is 0.263. The van der Waals surface area contributed by atoms with Crippen LogP contribution in [0.25, 0.3) is 0 Å². The van der Waals surface area contributed by atoms with Gasteiger partial charge in [0.15, 0.2) is 16.7 Å². The first-order valence-electron chi connectivity index (χ1n) is 8.27. The van der Waals surface area contributed by atoms with E-state index in [4.69, 9.17) is 9.47 Å². The number of hydrogen-bond donors (Lipinski definition) is 0. The van der Waals surface area contributed by atoms with E-state index in [1.54, 1.807) is 18.1 Å². The fourth-order valence-corrected chi connectivity index (χ4v) is 3.75. The average molecular weight is 353 g/mol. The zero-order chi connectivity index (χ0) is 17.1. The van der Waals surface area contributed by atoms with E-state index in [0.717, 1.165) is 22.4 Å². The highest BCUT2D eigenvalue weighted by Gasteiger charge is 2.15. The largest absolute Gasteiger partial charge is 0.486 e. The molecule has 0 amide bonds. The van der Waals surface area contributed by atoms with Gasteiger partial charge in [0.2, 0.25) is 0 Å². The van der Waals surface area contributed by atoms with Crippen LogP contribution >= 0.6 is 11.8 Å². The van der Waals surface area contributed by atoms with Crippen molar-refractivity contribution in [2.24, 2.45) is 0 Å². The lowest BCUT2D eigenvalue weighted by molar-refractivity contribution is 0.171. The molecule has 0 radical (unpaired) electrons. The summed E-state index contributed by atoms with van der Waals surface area (Å²) in [7, 11) is 0. The molecule has 1 aliphatic rings. The fourth-order valence-electron chi connectivity index (χ4n) is 2.82. The van der Waals surface area contributed by atoms with Crippen molar-refractivity contribution in [3.8, 4) is 11.5 Å². The summed E-state index contributed by atoms with van der Waals surface area (Å²) in [6, 6.07) is 16.7. The highest BCUT2D eigenvalue weighted by Crippen LogP contribution is 2.33. The minimum Gasteiger partial charge on any atom is -0.486 e. The molecule has 1 aliphatic heterocycles. The van der Waals surface area contributed by atoms with E-state index in [2.05, 4.69) is 52.0 Å². The van der Waals surface area contributed by atoms with Crippen molar-refractivity contribution in [2.75, 3.05) is 13.2 Å². The van der Waals surface area contributed by atoms with Gasteiger partial charge in [-0.1, -0.05) is 48.2 Å². The monoisotopic (exact) mass is 353 g/mol. The lowest BCUT2D eigenvalue weighted by Gasteiger charge is -2.19. The Morgan fingerprint density at radius 1 is 1.08 bits per heavy atom. The molecular weight excluding hydrogens is 334 g/mol. The Hall–Kier alpha value is -2.47. The molecule has 25 heavy (non-hydrogen) atoms. The topological polar surface area (TPSA) is 49.2 Å². The molecule has 1 unspecified atom stereocenters. The lowest BCUT2D eigenvalue weighted by atomic mass is 10.1. The van der Waals surface area contributed by atoms with Gasteiger partial charge >= 0.3 is 0 Å². The van der Waals surface area contributed by atoms with Crippen molar-refractivity contribution < 1.29 is 9.47 Å². The normalized spacial score (nSPS) is 14.3. The molecule has 0 bridgehead atoms. The third-order valence-electron chi connectivity index (χ3n) is 4.21. The van der Waals surface area contributed by atoms with E-state index >= 15 is 0 Å². The summed E-state index contributed by atoms with van der Waals surface area (Å²) in [6.45, 7) is 3.38. The second-order valence-electron chi connectivity index (χ2n) is 5.87. The number of hydrogen-bond acceptors (Lipinski definition) is 5. The Balaban J connectivity index is 1.48. The highest BCUT2D eigenvalue weighted by molar-refractivity contribution is 7.98. The summed E-state index contributed by atoms with van der Waals surface area (Å²) < 4.78 is 13.3. The van der Waals surface area contributed by atoms with Crippen LogP contribution in [0, 0.1) is 0 Å². The van der Waals surface area contributed by atoms with E-state index in [0.29, 0.717) is 13.2 Å². The zero-order valence-corrected chi connectivity index (χ0v) is 14.8. The maximum absolute atomic E-state index is 5.65. The van der Waals surface area contributed by atoms with E-state index in [-0.39, 0.29) is 6.04 Å².